The second-order valence-electron chi connectivity index (χ2n) is 5.10. The van der Waals surface area contributed by atoms with Crippen molar-refractivity contribution in [1.29, 1.82) is 10.8 Å². The fourth-order valence-corrected chi connectivity index (χ4v) is 2.28. The molecule has 2 N–H and O–H groups in total. The molecule has 0 heterocycles. The normalized spacial score (nSPS) is 11.8. The van der Waals surface area contributed by atoms with Gasteiger partial charge in [-0.2, -0.15) is 0 Å². The van der Waals surface area contributed by atoms with Gasteiger partial charge in [-0.25, -0.2) is 0 Å². The molecular formula is C17H26N2O. The summed E-state index contributed by atoms with van der Waals surface area (Å²) in [5.74, 6) is 1.52. The number of benzene rings is 1. The van der Waals surface area contributed by atoms with Crippen LogP contribution in [0.4, 0.5) is 0 Å². The highest BCUT2D eigenvalue weighted by Gasteiger charge is 2.06. The summed E-state index contributed by atoms with van der Waals surface area (Å²) >= 11 is 0. The first-order valence-corrected chi connectivity index (χ1v) is 7.52. The van der Waals surface area contributed by atoms with E-state index in [4.69, 9.17) is 15.6 Å². The van der Waals surface area contributed by atoms with E-state index in [1.165, 1.54) is 25.3 Å². The van der Waals surface area contributed by atoms with Crippen LogP contribution in [0.2, 0.25) is 0 Å². The highest BCUT2D eigenvalue weighted by atomic mass is 16.5. The van der Waals surface area contributed by atoms with Crippen LogP contribution in [0.15, 0.2) is 30.3 Å². The van der Waals surface area contributed by atoms with E-state index < -0.39 is 0 Å². The summed E-state index contributed by atoms with van der Waals surface area (Å²) in [4.78, 5) is 0. The molecule has 0 amide bonds. The Kier molecular flexibility index (Phi) is 9.20. The van der Waals surface area contributed by atoms with Crippen molar-refractivity contribution in [2.75, 3.05) is 6.61 Å². The van der Waals surface area contributed by atoms with E-state index in [9.17, 15) is 0 Å². The lowest BCUT2D eigenvalue weighted by Crippen LogP contribution is -2.03. The molecule has 0 aliphatic rings. The van der Waals surface area contributed by atoms with E-state index in [1.807, 2.05) is 30.3 Å². The summed E-state index contributed by atoms with van der Waals surface area (Å²) in [5.41, 5.74) is 0. The first kappa shape index (κ1) is 16.4. The molecule has 0 fully saturated rings. The Labute approximate surface area is 122 Å². The van der Waals surface area contributed by atoms with Crippen LogP contribution < -0.4 is 4.74 Å². The highest BCUT2D eigenvalue weighted by molar-refractivity contribution is 5.54. The predicted molar refractivity (Wildman–Crippen MR) is 85.3 cm³/mol. The molecule has 1 rings (SSSR count). The first-order valence-electron chi connectivity index (χ1n) is 7.52. The van der Waals surface area contributed by atoms with E-state index in [1.54, 1.807) is 0 Å². The van der Waals surface area contributed by atoms with Gasteiger partial charge >= 0.3 is 0 Å². The zero-order valence-electron chi connectivity index (χ0n) is 12.2. The van der Waals surface area contributed by atoms with Gasteiger partial charge < -0.3 is 15.6 Å². The van der Waals surface area contributed by atoms with Crippen LogP contribution in [0.25, 0.3) is 0 Å². The number of unbranched alkanes of at least 4 members (excludes halogenated alkanes) is 2. The van der Waals surface area contributed by atoms with Gasteiger partial charge in [0, 0.05) is 0 Å². The monoisotopic (exact) mass is 274 g/mol. The van der Waals surface area contributed by atoms with Crippen molar-refractivity contribution in [1.82, 2.24) is 0 Å². The molecule has 0 radical (unpaired) electrons. The average molecular weight is 274 g/mol. The van der Waals surface area contributed by atoms with Crippen molar-refractivity contribution in [3.63, 3.8) is 0 Å². The Bertz CT molecular complexity index is 365. The molecule has 0 aliphatic carbocycles. The summed E-state index contributed by atoms with van der Waals surface area (Å²) in [6.45, 7) is 0.778. The maximum Gasteiger partial charge on any atom is 0.119 e. The number of para-hydroxylation sites is 1. The molecule has 3 nitrogen and oxygen atoms in total. The van der Waals surface area contributed by atoms with Gasteiger partial charge in [-0.3, -0.25) is 0 Å². The van der Waals surface area contributed by atoms with Crippen LogP contribution >= 0.6 is 0 Å². The van der Waals surface area contributed by atoms with Gasteiger partial charge in [0.1, 0.15) is 5.75 Å². The number of nitrogens with one attached hydrogen (secondary N) is 2. The van der Waals surface area contributed by atoms with E-state index in [2.05, 4.69) is 0 Å². The van der Waals surface area contributed by atoms with Gasteiger partial charge in [-0.15, -0.1) is 0 Å². The largest absolute Gasteiger partial charge is 0.494 e. The van der Waals surface area contributed by atoms with Crippen LogP contribution in [0, 0.1) is 16.7 Å². The fourth-order valence-electron chi connectivity index (χ4n) is 2.28. The van der Waals surface area contributed by atoms with E-state index in [0.717, 1.165) is 44.5 Å². The van der Waals surface area contributed by atoms with Crippen LogP contribution in [-0.4, -0.2) is 19.0 Å². The van der Waals surface area contributed by atoms with Crippen LogP contribution in [0.3, 0.4) is 0 Å². The molecule has 110 valence electrons. The molecular weight excluding hydrogens is 248 g/mol. The first-order chi connectivity index (χ1) is 9.86. The van der Waals surface area contributed by atoms with Crippen molar-refractivity contribution in [3.8, 4) is 5.75 Å². The predicted octanol–water partition coefficient (Wildman–Crippen LogP) is 4.71. The minimum absolute atomic E-state index is 0.573. The molecule has 0 aliphatic heterocycles. The van der Waals surface area contributed by atoms with Crippen molar-refractivity contribution in [2.45, 2.75) is 44.9 Å². The molecule has 1 unspecified atom stereocenters. The Morgan fingerprint density at radius 1 is 0.950 bits per heavy atom. The second-order valence-corrected chi connectivity index (χ2v) is 5.10. The zero-order chi connectivity index (χ0) is 14.5. The van der Waals surface area contributed by atoms with Gasteiger partial charge in [0.2, 0.25) is 0 Å². The van der Waals surface area contributed by atoms with Crippen molar-refractivity contribution >= 4 is 12.4 Å². The minimum atomic E-state index is 0.573. The maximum atomic E-state index is 7.21. The van der Waals surface area contributed by atoms with Crippen LogP contribution in [0.5, 0.6) is 5.75 Å². The minimum Gasteiger partial charge on any atom is -0.494 e. The third kappa shape index (κ3) is 7.72. The Morgan fingerprint density at radius 3 is 2.45 bits per heavy atom. The molecule has 0 bridgehead atoms. The summed E-state index contributed by atoms with van der Waals surface area (Å²) < 4.78 is 5.66. The molecule has 1 aromatic rings. The van der Waals surface area contributed by atoms with E-state index in [-0.39, 0.29) is 0 Å². The molecule has 0 saturated carbocycles. The standard InChI is InChI=1S/C17H26N2O/c18-13-7-9-16(12-14-19)8-3-2-6-15-20-17-10-4-1-5-11-17/h1,4-5,10-11,13-14,16,18-19H,2-3,6-9,12,15H2. The number of hydrogen-bond acceptors (Lipinski definition) is 3. The molecule has 0 aromatic heterocycles. The zero-order valence-corrected chi connectivity index (χ0v) is 12.2. The van der Waals surface area contributed by atoms with Crippen molar-refractivity contribution in [3.05, 3.63) is 30.3 Å². The van der Waals surface area contributed by atoms with Gasteiger partial charge in [-0.05, 0) is 56.2 Å². The molecule has 1 aromatic carbocycles. The summed E-state index contributed by atoms with van der Waals surface area (Å²) in [6, 6.07) is 9.93. The van der Waals surface area contributed by atoms with Gasteiger partial charge in [-0.1, -0.05) is 37.5 Å². The summed E-state index contributed by atoms with van der Waals surface area (Å²) in [6.07, 6.45) is 10.3. The van der Waals surface area contributed by atoms with Crippen molar-refractivity contribution < 1.29 is 4.74 Å². The molecule has 1 atom stereocenters. The lowest BCUT2D eigenvalue weighted by Gasteiger charge is -2.13. The van der Waals surface area contributed by atoms with Gasteiger partial charge in [0.05, 0.1) is 6.61 Å². The van der Waals surface area contributed by atoms with E-state index in [0.29, 0.717) is 5.92 Å². The lowest BCUT2D eigenvalue weighted by atomic mass is 9.94. The van der Waals surface area contributed by atoms with Crippen molar-refractivity contribution in [2.24, 2.45) is 5.92 Å². The number of ether oxygens (including phenoxy) is 1. The Balaban J connectivity index is 2.05. The second kappa shape index (κ2) is 11.2. The van der Waals surface area contributed by atoms with Gasteiger partial charge in [0.25, 0.3) is 0 Å². The molecule has 0 saturated heterocycles. The maximum absolute atomic E-state index is 7.21. The SMILES string of the molecule is N=CCCC(CC=N)CCCCCOc1ccccc1. The van der Waals surface area contributed by atoms with E-state index >= 15 is 0 Å². The smallest absolute Gasteiger partial charge is 0.119 e. The molecule has 3 heteroatoms. The third-order valence-corrected chi connectivity index (χ3v) is 3.44. The average Bonchev–Trinajstić information content (AvgIpc) is 2.49. The Hall–Kier alpha value is -1.64. The van der Waals surface area contributed by atoms with Crippen LogP contribution in [-0.2, 0) is 0 Å². The third-order valence-electron chi connectivity index (χ3n) is 3.44. The molecule has 0 spiro atoms. The Morgan fingerprint density at radius 2 is 1.75 bits per heavy atom. The quantitative estimate of drug-likeness (QED) is 0.421. The van der Waals surface area contributed by atoms with Crippen LogP contribution in [0.1, 0.15) is 44.9 Å². The highest BCUT2D eigenvalue weighted by Crippen LogP contribution is 2.18. The fraction of sp³-hybridized carbons (Fsp3) is 0.529. The number of rotatable bonds is 12. The van der Waals surface area contributed by atoms with Gasteiger partial charge in [0.15, 0.2) is 0 Å². The number of hydrogen-bond donors (Lipinski definition) is 2. The lowest BCUT2D eigenvalue weighted by molar-refractivity contribution is 0.301. The molecule has 20 heavy (non-hydrogen) atoms. The topological polar surface area (TPSA) is 56.9 Å². The summed E-state index contributed by atoms with van der Waals surface area (Å²) in [5, 5.41) is 14.3. The summed E-state index contributed by atoms with van der Waals surface area (Å²) in [7, 11) is 0.